The van der Waals surface area contributed by atoms with Crippen molar-refractivity contribution in [3.8, 4) is 0 Å². The van der Waals surface area contributed by atoms with Crippen molar-refractivity contribution in [2.24, 2.45) is 0 Å². The number of benzene rings is 1. The second kappa shape index (κ2) is 6.26. The second-order valence-electron chi connectivity index (χ2n) is 4.00. The molecule has 0 fully saturated rings. The lowest BCUT2D eigenvalue weighted by Crippen LogP contribution is -2.26. The Kier molecular flexibility index (Phi) is 5.29. The van der Waals surface area contributed by atoms with Crippen LogP contribution >= 0.6 is 15.9 Å². The number of nitrogens with one attached hydrogen (secondary N) is 1. The summed E-state index contributed by atoms with van der Waals surface area (Å²) in [5.41, 5.74) is 2.69. The minimum atomic E-state index is 0.944. The van der Waals surface area contributed by atoms with Crippen LogP contribution in [0.3, 0.4) is 0 Å². The Balaban J connectivity index is 2.41. The normalized spacial score (nSPS) is 11.0. The van der Waals surface area contributed by atoms with Gasteiger partial charge in [-0.2, -0.15) is 0 Å². The number of halogens is 1. The minimum Gasteiger partial charge on any atom is -0.311 e. The summed E-state index contributed by atoms with van der Waals surface area (Å²) in [5, 5.41) is 3.44. The molecule has 0 spiro atoms. The molecule has 0 aliphatic rings. The Morgan fingerprint density at radius 2 is 2.07 bits per heavy atom. The number of rotatable bonds is 5. The van der Waals surface area contributed by atoms with E-state index in [1.54, 1.807) is 0 Å². The number of nitrogens with zero attached hydrogens (tertiary/aromatic N) is 1. The fourth-order valence-corrected chi connectivity index (χ4v) is 1.78. The van der Waals surface area contributed by atoms with Crippen molar-refractivity contribution in [2.75, 3.05) is 27.2 Å². The van der Waals surface area contributed by atoms with Gasteiger partial charge in [0.2, 0.25) is 0 Å². The van der Waals surface area contributed by atoms with Gasteiger partial charge in [0.1, 0.15) is 0 Å². The Morgan fingerprint density at radius 3 is 2.73 bits per heavy atom. The third kappa shape index (κ3) is 4.33. The number of hydrogen-bond acceptors (Lipinski definition) is 2. The van der Waals surface area contributed by atoms with Crippen molar-refractivity contribution in [1.82, 2.24) is 10.2 Å². The summed E-state index contributed by atoms with van der Waals surface area (Å²) in [5.74, 6) is 0. The molecule has 0 saturated heterocycles. The zero-order valence-corrected chi connectivity index (χ0v) is 11.3. The van der Waals surface area contributed by atoms with Gasteiger partial charge in [-0.1, -0.05) is 28.1 Å². The first-order chi connectivity index (χ1) is 7.11. The molecule has 15 heavy (non-hydrogen) atoms. The Hall–Kier alpha value is -0.380. The van der Waals surface area contributed by atoms with Crippen LogP contribution in [0, 0.1) is 6.92 Å². The Bertz CT molecular complexity index is 310. The van der Waals surface area contributed by atoms with Crippen molar-refractivity contribution in [3.05, 3.63) is 33.8 Å². The molecule has 1 rings (SSSR count). The molecule has 0 radical (unpaired) electrons. The molecule has 0 aromatic heterocycles. The SMILES string of the molecule is Cc1c(Br)cccc1CNCCN(C)C. The monoisotopic (exact) mass is 270 g/mol. The van der Waals surface area contributed by atoms with Crippen LogP contribution in [-0.4, -0.2) is 32.1 Å². The van der Waals surface area contributed by atoms with Crippen LogP contribution in [0.25, 0.3) is 0 Å². The van der Waals surface area contributed by atoms with Gasteiger partial charge in [-0.3, -0.25) is 0 Å². The van der Waals surface area contributed by atoms with Crippen LogP contribution in [-0.2, 0) is 6.54 Å². The molecule has 1 aromatic carbocycles. The van der Waals surface area contributed by atoms with E-state index in [2.05, 4.69) is 65.4 Å². The maximum absolute atomic E-state index is 3.54. The molecular formula is C12H19BrN2. The molecule has 0 aliphatic heterocycles. The van der Waals surface area contributed by atoms with Crippen molar-refractivity contribution in [1.29, 1.82) is 0 Å². The summed E-state index contributed by atoms with van der Waals surface area (Å²) >= 11 is 3.54. The minimum absolute atomic E-state index is 0.944. The summed E-state index contributed by atoms with van der Waals surface area (Å²) in [6.07, 6.45) is 0. The van der Waals surface area contributed by atoms with Gasteiger partial charge in [0.25, 0.3) is 0 Å². The average Bonchev–Trinajstić information content (AvgIpc) is 2.18. The van der Waals surface area contributed by atoms with Gasteiger partial charge in [0.05, 0.1) is 0 Å². The second-order valence-corrected chi connectivity index (χ2v) is 4.86. The molecule has 3 heteroatoms. The molecule has 0 amide bonds. The lowest BCUT2D eigenvalue weighted by atomic mass is 10.1. The van der Waals surface area contributed by atoms with Crippen LogP contribution in [0.2, 0.25) is 0 Å². The van der Waals surface area contributed by atoms with E-state index in [0.717, 1.165) is 19.6 Å². The molecule has 84 valence electrons. The largest absolute Gasteiger partial charge is 0.311 e. The Labute approximate surface area is 101 Å². The van der Waals surface area contributed by atoms with Crippen LogP contribution in [0.4, 0.5) is 0 Å². The van der Waals surface area contributed by atoms with Crippen LogP contribution < -0.4 is 5.32 Å². The first kappa shape index (κ1) is 12.7. The molecule has 0 saturated carbocycles. The number of hydrogen-bond donors (Lipinski definition) is 1. The Morgan fingerprint density at radius 1 is 1.33 bits per heavy atom. The smallest absolute Gasteiger partial charge is 0.0209 e. The van der Waals surface area contributed by atoms with Gasteiger partial charge in [-0.25, -0.2) is 0 Å². The molecule has 0 aliphatic carbocycles. The van der Waals surface area contributed by atoms with Gasteiger partial charge < -0.3 is 10.2 Å². The third-order valence-corrected chi connectivity index (χ3v) is 3.29. The molecule has 1 aromatic rings. The van der Waals surface area contributed by atoms with Gasteiger partial charge in [-0.05, 0) is 38.2 Å². The van der Waals surface area contributed by atoms with Crippen molar-refractivity contribution >= 4 is 15.9 Å². The van der Waals surface area contributed by atoms with E-state index in [-0.39, 0.29) is 0 Å². The molecule has 1 N–H and O–H groups in total. The highest BCUT2D eigenvalue weighted by Gasteiger charge is 2.00. The summed E-state index contributed by atoms with van der Waals surface area (Å²) < 4.78 is 1.19. The summed E-state index contributed by atoms with van der Waals surface area (Å²) in [6.45, 7) is 5.19. The third-order valence-electron chi connectivity index (χ3n) is 2.43. The molecule has 2 nitrogen and oxygen atoms in total. The van der Waals surface area contributed by atoms with Gasteiger partial charge in [0.15, 0.2) is 0 Å². The summed E-state index contributed by atoms with van der Waals surface area (Å²) in [7, 11) is 4.18. The fraction of sp³-hybridized carbons (Fsp3) is 0.500. The van der Waals surface area contributed by atoms with Gasteiger partial charge in [0, 0.05) is 24.1 Å². The zero-order valence-electron chi connectivity index (χ0n) is 9.68. The molecule has 0 atom stereocenters. The van der Waals surface area contributed by atoms with Gasteiger partial charge in [-0.15, -0.1) is 0 Å². The lowest BCUT2D eigenvalue weighted by Gasteiger charge is -2.12. The molecule has 0 unspecified atom stereocenters. The van der Waals surface area contributed by atoms with E-state index in [4.69, 9.17) is 0 Å². The molecule has 0 heterocycles. The first-order valence-electron chi connectivity index (χ1n) is 5.20. The van der Waals surface area contributed by atoms with Crippen LogP contribution in [0.1, 0.15) is 11.1 Å². The van der Waals surface area contributed by atoms with E-state index >= 15 is 0 Å². The standard InChI is InChI=1S/C12H19BrN2/c1-10-11(5-4-6-12(10)13)9-14-7-8-15(2)3/h4-6,14H,7-9H2,1-3H3. The van der Waals surface area contributed by atoms with Crippen molar-refractivity contribution < 1.29 is 0 Å². The van der Waals surface area contributed by atoms with E-state index in [1.807, 2.05) is 0 Å². The van der Waals surface area contributed by atoms with Gasteiger partial charge >= 0.3 is 0 Å². The van der Waals surface area contributed by atoms with E-state index in [0.29, 0.717) is 0 Å². The fourth-order valence-electron chi connectivity index (χ4n) is 1.37. The topological polar surface area (TPSA) is 15.3 Å². The van der Waals surface area contributed by atoms with Crippen molar-refractivity contribution in [2.45, 2.75) is 13.5 Å². The van der Waals surface area contributed by atoms with Crippen LogP contribution in [0.15, 0.2) is 22.7 Å². The summed E-state index contributed by atoms with van der Waals surface area (Å²) in [6, 6.07) is 6.33. The van der Waals surface area contributed by atoms with Crippen molar-refractivity contribution in [3.63, 3.8) is 0 Å². The highest BCUT2D eigenvalue weighted by Crippen LogP contribution is 2.18. The van der Waals surface area contributed by atoms with E-state index < -0.39 is 0 Å². The maximum Gasteiger partial charge on any atom is 0.0209 e. The number of likely N-dealkylation sites (N-methyl/N-ethyl adjacent to an activating group) is 1. The van der Waals surface area contributed by atoms with E-state index in [1.165, 1.54) is 15.6 Å². The first-order valence-corrected chi connectivity index (χ1v) is 6.00. The molecule has 0 bridgehead atoms. The maximum atomic E-state index is 3.54. The predicted molar refractivity (Wildman–Crippen MR) is 69.1 cm³/mol. The average molecular weight is 271 g/mol. The van der Waals surface area contributed by atoms with Crippen LogP contribution in [0.5, 0.6) is 0 Å². The highest BCUT2D eigenvalue weighted by atomic mass is 79.9. The highest BCUT2D eigenvalue weighted by molar-refractivity contribution is 9.10. The predicted octanol–water partition coefficient (Wildman–Crippen LogP) is 2.41. The zero-order chi connectivity index (χ0) is 11.3. The lowest BCUT2D eigenvalue weighted by molar-refractivity contribution is 0.400. The molecular weight excluding hydrogens is 252 g/mol. The quantitative estimate of drug-likeness (QED) is 0.827. The summed E-state index contributed by atoms with van der Waals surface area (Å²) in [4.78, 5) is 2.18. The van der Waals surface area contributed by atoms with E-state index in [9.17, 15) is 0 Å².